The maximum atomic E-state index is 10.5. The van der Waals surface area contributed by atoms with E-state index in [9.17, 15) is 9.59 Å². The number of nitrogens with one attached hydrogen (secondary N) is 2. The van der Waals surface area contributed by atoms with Crippen molar-refractivity contribution in [1.82, 2.24) is 0 Å². The molecule has 0 spiro atoms. The molecule has 0 aliphatic heterocycles. The number of rotatable bonds is 2. The van der Waals surface area contributed by atoms with Gasteiger partial charge in [-0.05, 0) is 24.3 Å². The van der Waals surface area contributed by atoms with Crippen molar-refractivity contribution in [3.8, 4) is 11.5 Å². The van der Waals surface area contributed by atoms with E-state index in [0.717, 1.165) is 0 Å². The van der Waals surface area contributed by atoms with Crippen LogP contribution < -0.4 is 10.6 Å². The standard InChI is InChI=1S/2C8H9NO2.2C5H5.Zr/c2*1-6(10)9-7-4-2-3-5-8(7)11;2*1-2-4-5-3-1;/h2*2-5,11H,1H3,(H,9,10);2*1-5H;/q;;2*-1;+2. The number of anilines is 2. The molecule has 7 heteroatoms. The van der Waals surface area contributed by atoms with E-state index in [2.05, 4.69) is 10.6 Å². The third-order valence-corrected chi connectivity index (χ3v) is 3.54. The minimum absolute atomic E-state index is 0. The molecule has 6 nitrogen and oxygen atoms in total. The average Bonchev–Trinajstić information content (AvgIpc) is 3.51. The Morgan fingerprint density at radius 2 is 0.909 bits per heavy atom. The fourth-order valence-corrected chi connectivity index (χ4v) is 2.18. The third kappa shape index (κ3) is 15.1. The first-order chi connectivity index (χ1) is 15.4. The SMILES string of the molecule is CC(=O)Nc1ccccc1O.CC(=O)Nc1ccccc1O.[Zr+2].c1cc[cH-]c1.c1cc[cH-]c1. The Morgan fingerprint density at radius 1 is 0.606 bits per heavy atom. The molecule has 4 rings (SSSR count). The molecule has 0 fully saturated rings. The van der Waals surface area contributed by atoms with Crippen LogP contribution in [0, 0.1) is 0 Å². The van der Waals surface area contributed by atoms with Gasteiger partial charge in [0.05, 0.1) is 11.4 Å². The van der Waals surface area contributed by atoms with Crippen LogP contribution in [0.2, 0.25) is 0 Å². The van der Waals surface area contributed by atoms with Crippen LogP contribution in [0.25, 0.3) is 0 Å². The van der Waals surface area contributed by atoms with Crippen LogP contribution in [0.3, 0.4) is 0 Å². The molecule has 4 aromatic rings. The molecule has 0 heterocycles. The van der Waals surface area contributed by atoms with Gasteiger partial charge in [-0.15, -0.1) is 0 Å². The number of hydrogen-bond acceptors (Lipinski definition) is 4. The van der Waals surface area contributed by atoms with E-state index in [1.54, 1.807) is 36.4 Å². The molecule has 4 N–H and O–H groups in total. The van der Waals surface area contributed by atoms with Crippen molar-refractivity contribution in [2.45, 2.75) is 13.8 Å². The first kappa shape index (κ1) is 29.6. The number of benzene rings is 2. The second-order valence-corrected chi connectivity index (χ2v) is 6.32. The van der Waals surface area contributed by atoms with Gasteiger partial charge in [0.25, 0.3) is 0 Å². The van der Waals surface area contributed by atoms with Gasteiger partial charge in [-0.25, -0.2) is 24.3 Å². The van der Waals surface area contributed by atoms with Crippen molar-refractivity contribution >= 4 is 23.2 Å². The van der Waals surface area contributed by atoms with Crippen molar-refractivity contribution < 1.29 is 46.0 Å². The van der Waals surface area contributed by atoms with Gasteiger partial charge in [-0.2, -0.15) is 36.4 Å². The van der Waals surface area contributed by atoms with Crippen molar-refractivity contribution in [2.24, 2.45) is 0 Å². The second kappa shape index (κ2) is 18.2. The number of para-hydroxylation sites is 4. The molecule has 0 saturated heterocycles. The minimum Gasteiger partial charge on any atom is -0.506 e. The quantitative estimate of drug-likeness (QED) is 0.206. The van der Waals surface area contributed by atoms with Gasteiger partial charge in [0, 0.05) is 13.8 Å². The first-order valence-corrected chi connectivity index (χ1v) is 9.84. The molecule has 0 aliphatic rings. The molecule has 0 radical (unpaired) electrons. The van der Waals surface area contributed by atoms with Crippen LogP contribution in [-0.2, 0) is 35.8 Å². The summed E-state index contributed by atoms with van der Waals surface area (Å²) in [5, 5.41) is 23.3. The van der Waals surface area contributed by atoms with E-state index in [0.29, 0.717) is 11.4 Å². The topological polar surface area (TPSA) is 98.7 Å². The minimum atomic E-state index is -0.188. The normalized spacial score (nSPS) is 8.55. The maximum Gasteiger partial charge on any atom is 2.00 e. The van der Waals surface area contributed by atoms with Crippen LogP contribution in [0.15, 0.2) is 109 Å². The Hall–Kier alpha value is -3.44. The van der Waals surface area contributed by atoms with Gasteiger partial charge in [0.2, 0.25) is 11.8 Å². The summed E-state index contributed by atoms with van der Waals surface area (Å²) in [4.78, 5) is 21.1. The number of phenols is 2. The van der Waals surface area contributed by atoms with Gasteiger partial charge >= 0.3 is 26.2 Å². The fraction of sp³-hybridized carbons (Fsp3) is 0.0769. The Morgan fingerprint density at radius 3 is 1.12 bits per heavy atom. The van der Waals surface area contributed by atoms with Gasteiger partial charge < -0.3 is 20.8 Å². The average molecular weight is 524 g/mol. The molecule has 0 atom stereocenters. The molecule has 33 heavy (non-hydrogen) atoms. The molecule has 0 bridgehead atoms. The van der Waals surface area contributed by atoms with Crippen LogP contribution in [-0.4, -0.2) is 22.0 Å². The van der Waals surface area contributed by atoms with Gasteiger partial charge in [0.15, 0.2) is 0 Å². The zero-order valence-corrected chi connectivity index (χ0v) is 21.1. The summed E-state index contributed by atoms with van der Waals surface area (Å²) < 4.78 is 0. The molecular weight excluding hydrogens is 496 g/mol. The number of amides is 2. The molecule has 4 aromatic carbocycles. The van der Waals surface area contributed by atoms with Gasteiger partial charge in [-0.1, -0.05) is 24.3 Å². The molecule has 170 valence electrons. The summed E-state index contributed by atoms with van der Waals surface area (Å²) in [7, 11) is 0. The molecule has 2 amide bonds. The van der Waals surface area contributed by atoms with Crippen LogP contribution in [0.5, 0.6) is 11.5 Å². The number of carbonyl (C=O) groups excluding carboxylic acids is 2. The van der Waals surface area contributed by atoms with Gasteiger partial charge in [0.1, 0.15) is 11.5 Å². The van der Waals surface area contributed by atoms with Crippen molar-refractivity contribution in [2.75, 3.05) is 10.6 Å². The third-order valence-electron chi connectivity index (χ3n) is 3.54. The summed E-state index contributed by atoms with van der Waals surface area (Å²) in [6.45, 7) is 2.79. The van der Waals surface area contributed by atoms with E-state index in [-0.39, 0.29) is 49.5 Å². The van der Waals surface area contributed by atoms with Crippen molar-refractivity contribution in [3.05, 3.63) is 109 Å². The summed E-state index contributed by atoms with van der Waals surface area (Å²) in [5.74, 6) is -0.205. The fourth-order valence-electron chi connectivity index (χ4n) is 2.18. The summed E-state index contributed by atoms with van der Waals surface area (Å²) in [6, 6.07) is 33.2. The monoisotopic (exact) mass is 522 g/mol. The Bertz CT molecular complexity index is 898. The van der Waals surface area contributed by atoms with Crippen LogP contribution in [0.4, 0.5) is 11.4 Å². The largest absolute Gasteiger partial charge is 2.00 e. The van der Waals surface area contributed by atoms with Crippen LogP contribution in [0.1, 0.15) is 13.8 Å². The molecular formula is C26H28N2O4Zr. The molecule has 0 saturated carbocycles. The van der Waals surface area contributed by atoms with E-state index in [1.807, 2.05) is 60.7 Å². The van der Waals surface area contributed by atoms with E-state index < -0.39 is 0 Å². The first-order valence-electron chi connectivity index (χ1n) is 9.84. The van der Waals surface area contributed by atoms with E-state index in [1.165, 1.54) is 26.0 Å². The summed E-state index contributed by atoms with van der Waals surface area (Å²) >= 11 is 0. The molecule has 0 aromatic heterocycles. The Kier molecular flexibility index (Phi) is 16.3. The van der Waals surface area contributed by atoms with Crippen LogP contribution >= 0.6 is 0 Å². The number of hydrogen-bond donors (Lipinski definition) is 4. The summed E-state index contributed by atoms with van der Waals surface area (Å²) in [5.41, 5.74) is 0.889. The van der Waals surface area contributed by atoms with Gasteiger partial charge in [-0.3, -0.25) is 9.59 Å². The predicted molar refractivity (Wildman–Crippen MR) is 129 cm³/mol. The number of carbonyl (C=O) groups is 2. The van der Waals surface area contributed by atoms with Crippen molar-refractivity contribution in [1.29, 1.82) is 0 Å². The Labute approximate surface area is 213 Å². The molecule has 0 aliphatic carbocycles. The maximum absolute atomic E-state index is 10.5. The zero-order valence-electron chi connectivity index (χ0n) is 18.6. The number of aromatic hydroxyl groups is 2. The van der Waals surface area contributed by atoms with Crippen molar-refractivity contribution in [3.63, 3.8) is 0 Å². The van der Waals surface area contributed by atoms with E-state index >= 15 is 0 Å². The Balaban J connectivity index is 0.000000434. The second-order valence-electron chi connectivity index (χ2n) is 6.32. The predicted octanol–water partition coefficient (Wildman–Crippen LogP) is 5.51. The smallest absolute Gasteiger partial charge is 0.506 e. The zero-order chi connectivity index (χ0) is 23.6. The number of phenolic OH excluding ortho intramolecular Hbond substituents is 2. The summed E-state index contributed by atoms with van der Waals surface area (Å²) in [6.07, 6.45) is 0. The van der Waals surface area contributed by atoms with E-state index in [4.69, 9.17) is 10.2 Å². The molecule has 0 unspecified atom stereocenters.